The summed E-state index contributed by atoms with van der Waals surface area (Å²) in [7, 11) is 0. The van der Waals surface area contributed by atoms with Gasteiger partial charge in [-0.25, -0.2) is 0 Å². The first-order valence-corrected chi connectivity index (χ1v) is 8.44. The Morgan fingerprint density at radius 1 is 1.27 bits per heavy atom. The zero-order valence-corrected chi connectivity index (χ0v) is 15.1. The molecule has 0 spiro atoms. The molecule has 0 unspecified atom stereocenters. The van der Waals surface area contributed by atoms with Gasteiger partial charge in [-0.2, -0.15) is 0 Å². The van der Waals surface area contributed by atoms with Gasteiger partial charge in [0, 0.05) is 36.2 Å². The highest BCUT2D eigenvalue weighted by Crippen LogP contribution is 2.19. The first kappa shape index (κ1) is 18.5. The van der Waals surface area contributed by atoms with Gasteiger partial charge in [0.15, 0.2) is 5.96 Å². The molecule has 1 aromatic carbocycles. The second-order valence-corrected chi connectivity index (χ2v) is 5.86. The Labute approximate surface area is 141 Å². The predicted octanol–water partition coefficient (Wildman–Crippen LogP) is 3.05. The van der Waals surface area contributed by atoms with Gasteiger partial charge < -0.3 is 16.0 Å². The highest BCUT2D eigenvalue weighted by atomic mass is 79.9. The molecule has 0 aliphatic rings. The van der Waals surface area contributed by atoms with Crippen LogP contribution in [0.5, 0.6) is 0 Å². The fourth-order valence-electron chi connectivity index (χ4n) is 1.84. The van der Waals surface area contributed by atoms with Gasteiger partial charge in [0.05, 0.1) is 0 Å². The summed E-state index contributed by atoms with van der Waals surface area (Å²) in [4.78, 5) is 16.4. The van der Waals surface area contributed by atoms with E-state index in [1.54, 1.807) is 0 Å². The maximum absolute atomic E-state index is 12.0. The number of rotatable bonds is 7. The molecule has 0 aliphatic carbocycles. The van der Waals surface area contributed by atoms with Crippen LogP contribution in [0, 0.1) is 6.92 Å². The molecular formula is C16H25BrN4O. The number of guanidine groups is 1. The topological polar surface area (TPSA) is 65.5 Å². The van der Waals surface area contributed by atoms with E-state index < -0.39 is 0 Å². The summed E-state index contributed by atoms with van der Waals surface area (Å²) in [6, 6.07) is 5.80. The van der Waals surface area contributed by atoms with Gasteiger partial charge in [0.2, 0.25) is 5.91 Å². The van der Waals surface area contributed by atoms with E-state index in [0.29, 0.717) is 13.0 Å². The Hall–Kier alpha value is -1.56. The van der Waals surface area contributed by atoms with E-state index in [4.69, 9.17) is 0 Å². The predicted molar refractivity (Wildman–Crippen MR) is 96.4 cm³/mol. The summed E-state index contributed by atoms with van der Waals surface area (Å²) in [5, 5.41) is 9.25. The van der Waals surface area contributed by atoms with Crippen molar-refractivity contribution in [1.82, 2.24) is 10.6 Å². The molecular weight excluding hydrogens is 344 g/mol. The number of benzene rings is 1. The third-order valence-electron chi connectivity index (χ3n) is 2.94. The first-order valence-electron chi connectivity index (χ1n) is 7.65. The summed E-state index contributed by atoms with van der Waals surface area (Å²) in [6.07, 6.45) is 1.39. The van der Waals surface area contributed by atoms with Crippen LogP contribution in [0.25, 0.3) is 0 Å². The number of hydrogen-bond donors (Lipinski definition) is 3. The summed E-state index contributed by atoms with van der Waals surface area (Å²) >= 11 is 3.41. The number of carbonyl (C=O) groups is 1. The van der Waals surface area contributed by atoms with Gasteiger partial charge in [0.1, 0.15) is 0 Å². The molecule has 6 heteroatoms. The number of carbonyl (C=O) groups excluding carboxylic acids is 1. The van der Waals surface area contributed by atoms with Crippen LogP contribution in [-0.2, 0) is 4.79 Å². The highest BCUT2D eigenvalue weighted by molar-refractivity contribution is 9.10. The normalized spacial score (nSPS) is 11.2. The third kappa shape index (κ3) is 6.93. The Bertz CT molecular complexity index is 517. The molecule has 1 aromatic rings. The van der Waals surface area contributed by atoms with Gasteiger partial charge in [-0.3, -0.25) is 9.79 Å². The fourth-order valence-corrected chi connectivity index (χ4v) is 2.32. The third-order valence-corrected chi connectivity index (χ3v) is 3.44. The molecule has 0 heterocycles. The van der Waals surface area contributed by atoms with Crippen LogP contribution in [0.15, 0.2) is 27.7 Å². The van der Waals surface area contributed by atoms with Gasteiger partial charge in [-0.1, -0.05) is 22.9 Å². The molecule has 3 N–H and O–H groups in total. The summed E-state index contributed by atoms with van der Waals surface area (Å²) in [5.74, 6) is 0.751. The Morgan fingerprint density at radius 2 is 2.05 bits per heavy atom. The fraction of sp³-hybridized carbons (Fsp3) is 0.500. The smallest absolute Gasteiger partial charge is 0.226 e. The van der Waals surface area contributed by atoms with Crippen molar-refractivity contribution in [1.29, 1.82) is 0 Å². The molecule has 0 saturated heterocycles. The number of nitrogens with zero attached hydrogens (tertiary/aromatic N) is 1. The standard InChI is InChI=1S/C16H25BrN4O/c1-4-9-19-16(18-5-2)20-10-8-15(22)21-14-7-6-13(17)11-12(14)3/h6-7,11H,4-5,8-10H2,1-3H3,(H,21,22)(H2,18,19,20). The average molecular weight is 369 g/mol. The van der Waals surface area contributed by atoms with E-state index in [1.165, 1.54) is 0 Å². The lowest BCUT2D eigenvalue weighted by Crippen LogP contribution is -2.38. The summed E-state index contributed by atoms with van der Waals surface area (Å²) in [6.45, 7) is 8.21. The van der Waals surface area contributed by atoms with Crippen LogP contribution in [0.2, 0.25) is 0 Å². The molecule has 0 radical (unpaired) electrons. The van der Waals surface area contributed by atoms with E-state index >= 15 is 0 Å². The Kier molecular flexibility index (Phi) is 8.58. The molecule has 22 heavy (non-hydrogen) atoms. The molecule has 1 rings (SSSR count). The molecule has 0 saturated carbocycles. The van der Waals surface area contributed by atoms with Gasteiger partial charge in [-0.15, -0.1) is 0 Å². The monoisotopic (exact) mass is 368 g/mol. The lowest BCUT2D eigenvalue weighted by atomic mass is 10.2. The lowest BCUT2D eigenvalue weighted by molar-refractivity contribution is -0.116. The maximum Gasteiger partial charge on any atom is 0.226 e. The van der Waals surface area contributed by atoms with Crippen molar-refractivity contribution in [3.8, 4) is 0 Å². The molecule has 0 bridgehead atoms. The van der Waals surface area contributed by atoms with E-state index in [2.05, 4.69) is 43.8 Å². The molecule has 5 nitrogen and oxygen atoms in total. The lowest BCUT2D eigenvalue weighted by Gasteiger charge is -2.12. The maximum atomic E-state index is 12.0. The second kappa shape index (κ2) is 10.2. The summed E-state index contributed by atoms with van der Waals surface area (Å²) < 4.78 is 1.01. The number of aliphatic imine (C=N–C) groups is 1. The van der Waals surface area contributed by atoms with Crippen molar-refractivity contribution >= 4 is 33.5 Å². The van der Waals surface area contributed by atoms with Gasteiger partial charge in [0.25, 0.3) is 0 Å². The SMILES string of the molecule is CCCN=C(NCC)NCCC(=O)Nc1ccc(Br)cc1C. The zero-order valence-electron chi connectivity index (χ0n) is 13.5. The number of nitrogens with one attached hydrogen (secondary N) is 3. The van der Waals surface area contributed by atoms with Crippen LogP contribution in [-0.4, -0.2) is 31.5 Å². The Morgan fingerprint density at radius 3 is 2.68 bits per heavy atom. The quantitative estimate of drug-likeness (QED) is 0.511. The van der Waals surface area contributed by atoms with E-state index in [-0.39, 0.29) is 5.91 Å². The molecule has 1 amide bonds. The van der Waals surface area contributed by atoms with Crippen LogP contribution >= 0.6 is 15.9 Å². The van der Waals surface area contributed by atoms with Gasteiger partial charge in [-0.05, 0) is 44.0 Å². The summed E-state index contributed by atoms with van der Waals surface area (Å²) in [5.41, 5.74) is 1.88. The minimum Gasteiger partial charge on any atom is -0.357 e. The zero-order chi connectivity index (χ0) is 16.4. The number of aryl methyl sites for hydroxylation is 1. The number of amides is 1. The van der Waals surface area contributed by atoms with Crippen LogP contribution in [0.4, 0.5) is 5.69 Å². The first-order chi connectivity index (χ1) is 10.6. The van der Waals surface area contributed by atoms with Crippen LogP contribution < -0.4 is 16.0 Å². The van der Waals surface area contributed by atoms with Crippen molar-refractivity contribution in [2.45, 2.75) is 33.6 Å². The number of halogens is 1. The van der Waals surface area contributed by atoms with Gasteiger partial charge >= 0.3 is 0 Å². The second-order valence-electron chi connectivity index (χ2n) is 4.94. The molecule has 0 atom stereocenters. The largest absolute Gasteiger partial charge is 0.357 e. The van der Waals surface area contributed by atoms with Crippen LogP contribution in [0.1, 0.15) is 32.3 Å². The Balaban J connectivity index is 2.42. The average Bonchev–Trinajstić information content (AvgIpc) is 2.47. The van der Waals surface area contributed by atoms with Crippen molar-refractivity contribution in [2.75, 3.05) is 25.0 Å². The molecule has 0 aliphatic heterocycles. The highest BCUT2D eigenvalue weighted by Gasteiger charge is 2.05. The molecule has 0 aromatic heterocycles. The molecule has 0 fully saturated rings. The van der Waals surface area contributed by atoms with E-state index in [1.807, 2.05) is 32.0 Å². The van der Waals surface area contributed by atoms with Crippen LogP contribution in [0.3, 0.4) is 0 Å². The number of anilines is 1. The van der Waals surface area contributed by atoms with Crippen molar-refractivity contribution < 1.29 is 4.79 Å². The van der Waals surface area contributed by atoms with E-state index in [0.717, 1.165) is 41.2 Å². The molecule has 122 valence electrons. The number of hydrogen-bond acceptors (Lipinski definition) is 2. The van der Waals surface area contributed by atoms with E-state index in [9.17, 15) is 4.79 Å². The van der Waals surface area contributed by atoms with Crippen molar-refractivity contribution in [2.24, 2.45) is 4.99 Å². The van der Waals surface area contributed by atoms with Crippen molar-refractivity contribution in [3.63, 3.8) is 0 Å². The van der Waals surface area contributed by atoms with Crippen molar-refractivity contribution in [3.05, 3.63) is 28.2 Å². The minimum absolute atomic E-state index is 0.00994. The minimum atomic E-state index is -0.00994.